The Hall–Kier alpha value is -1.52. The fourth-order valence-corrected chi connectivity index (χ4v) is 2.75. The molecule has 0 spiro atoms. The molecule has 1 aliphatic rings. The van der Waals surface area contributed by atoms with E-state index in [4.69, 9.17) is 16.7 Å². The topological polar surface area (TPSA) is 45.5 Å². The second kappa shape index (κ2) is 4.30. The number of fused-ring (bicyclic) bond motifs is 3. The van der Waals surface area contributed by atoms with Gasteiger partial charge < -0.3 is 9.67 Å². The minimum atomic E-state index is -0.775. The van der Waals surface area contributed by atoms with E-state index in [1.54, 1.807) is 0 Å². The van der Waals surface area contributed by atoms with Gasteiger partial charge >= 0.3 is 5.97 Å². The van der Waals surface area contributed by atoms with E-state index < -0.39 is 5.97 Å². The van der Waals surface area contributed by atoms with E-state index in [0.717, 1.165) is 29.2 Å². The van der Waals surface area contributed by atoms with Crippen molar-refractivity contribution in [3.8, 4) is 0 Å². The summed E-state index contributed by atoms with van der Waals surface area (Å²) in [4.78, 5) is 12.7. The molecule has 1 aromatic carbocycles. The van der Waals surface area contributed by atoms with Gasteiger partial charge in [0.05, 0.1) is 6.54 Å². The zero-order valence-corrected chi connectivity index (χ0v) is 10.5. The van der Waals surface area contributed by atoms with Gasteiger partial charge in [-0.3, -0.25) is 9.69 Å². The minimum Gasteiger partial charge on any atom is -0.480 e. The summed E-state index contributed by atoms with van der Waals surface area (Å²) in [5, 5.41) is 10.7. The van der Waals surface area contributed by atoms with E-state index in [1.165, 1.54) is 5.52 Å². The second-order valence-corrected chi connectivity index (χ2v) is 5.03. The molecule has 0 saturated heterocycles. The van der Waals surface area contributed by atoms with Crippen LogP contribution in [-0.4, -0.2) is 33.6 Å². The fourth-order valence-electron chi connectivity index (χ4n) is 2.57. The van der Waals surface area contributed by atoms with Crippen molar-refractivity contribution in [1.82, 2.24) is 9.47 Å². The van der Waals surface area contributed by atoms with E-state index in [2.05, 4.69) is 10.6 Å². The number of benzene rings is 1. The number of aromatic nitrogens is 1. The van der Waals surface area contributed by atoms with Gasteiger partial charge in [-0.25, -0.2) is 0 Å². The van der Waals surface area contributed by atoms with Gasteiger partial charge in [0, 0.05) is 41.3 Å². The highest BCUT2D eigenvalue weighted by atomic mass is 35.5. The average Bonchev–Trinajstić information content (AvgIpc) is 2.64. The van der Waals surface area contributed by atoms with Crippen molar-refractivity contribution in [2.24, 2.45) is 0 Å². The molecule has 4 nitrogen and oxygen atoms in total. The molecule has 94 valence electrons. The van der Waals surface area contributed by atoms with Gasteiger partial charge in [0.25, 0.3) is 0 Å². The van der Waals surface area contributed by atoms with Crippen LogP contribution in [0.15, 0.2) is 24.3 Å². The Morgan fingerprint density at radius 3 is 2.94 bits per heavy atom. The van der Waals surface area contributed by atoms with Crippen molar-refractivity contribution in [3.63, 3.8) is 0 Å². The van der Waals surface area contributed by atoms with Gasteiger partial charge in [-0.15, -0.1) is 0 Å². The van der Waals surface area contributed by atoms with E-state index in [-0.39, 0.29) is 6.54 Å². The molecule has 2 aromatic rings. The molecule has 0 aliphatic carbocycles. The van der Waals surface area contributed by atoms with E-state index in [1.807, 2.05) is 23.1 Å². The number of aliphatic carboxylic acids is 1. The van der Waals surface area contributed by atoms with Gasteiger partial charge in [-0.1, -0.05) is 11.6 Å². The lowest BCUT2D eigenvalue weighted by Gasteiger charge is -2.27. The van der Waals surface area contributed by atoms with Crippen molar-refractivity contribution < 1.29 is 9.90 Å². The van der Waals surface area contributed by atoms with Crippen molar-refractivity contribution >= 4 is 28.5 Å². The summed E-state index contributed by atoms with van der Waals surface area (Å²) in [7, 11) is 0. The molecule has 18 heavy (non-hydrogen) atoms. The highest BCUT2D eigenvalue weighted by Crippen LogP contribution is 2.26. The summed E-state index contributed by atoms with van der Waals surface area (Å²) >= 11 is 5.98. The van der Waals surface area contributed by atoms with Crippen LogP contribution in [0.25, 0.3) is 10.9 Å². The summed E-state index contributed by atoms with van der Waals surface area (Å²) in [6, 6.07) is 7.95. The monoisotopic (exact) mass is 264 g/mol. The summed E-state index contributed by atoms with van der Waals surface area (Å²) in [6.07, 6.45) is 0. The van der Waals surface area contributed by atoms with Crippen molar-refractivity contribution in [2.45, 2.75) is 13.1 Å². The number of carboxylic acids is 1. The van der Waals surface area contributed by atoms with Crippen molar-refractivity contribution in [2.75, 3.05) is 13.1 Å². The van der Waals surface area contributed by atoms with Crippen molar-refractivity contribution in [1.29, 1.82) is 0 Å². The normalized spacial score (nSPS) is 15.8. The number of rotatable bonds is 2. The zero-order chi connectivity index (χ0) is 12.7. The molecule has 5 heteroatoms. The number of hydrogen-bond donors (Lipinski definition) is 1. The Morgan fingerprint density at radius 2 is 2.17 bits per heavy atom. The van der Waals surface area contributed by atoms with Gasteiger partial charge in [0.2, 0.25) is 0 Å². The zero-order valence-electron chi connectivity index (χ0n) is 9.77. The SMILES string of the molecule is O=C(O)CN1CCn2c(cc3cc(Cl)ccc32)C1. The van der Waals surface area contributed by atoms with Crippen LogP contribution in [0.1, 0.15) is 5.69 Å². The first-order valence-corrected chi connectivity index (χ1v) is 6.23. The third-order valence-electron chi connectivity index (χ3n) is 3.33. The molecule has 0 bridgehead atoms. The van der Waals surface area contributed by atoms with Gasteiger partial charge in [-0.05, 0) is 24.3 Å². The van der Waals surface area contributed by atoms with Crippen LogP contribution in [0, 0.1) is 0 Å². The van der Waals surface area contributed by atoms with Crippen LogP contribution in [-0.2, 0) is 17.9 Å². The molecule has 0 amide bonds. The van der Waals surface area contributed by atoms with Gasteiger partial charge in [0.15, 0.2) is 0 Å². The molecule has 0 radical (unpaired) electrons. The number of carboxylic acid groups (broad SMARTS) is 1. The van der Waals surface area contributed by atoms with Crippen LogP contribution < -0.4 is 0 Å². The van der Waals surface area contributed by atoms with Gasteiger partial charge in [-0.2, -0.15) is 0 Å². The molecule has 0 unspecified atom stereocenters. The van der Waals surface area contributed by atoms with Gasteiger partial charge in [0.1, 0.15) is 0 Å². The third kappa shape index (κ3) is 1.98. The largest absolute Gasteiger partial charge is 0.480 e. The number of nitrogens with zero attached hydrogens (tertiary/aromatic N) is 2. The van der Waals surface area contributed by atoms with Crippen LogP contribution in [0.3, 0.4) is 0 Å². The number of carbonyl (C=O) groups is 1. The first-order valence-electron chi connectivity index (χ1n) is 5.85. The fraction of sp³-hybridized carbons (Fsp3) is 0.308. The van der Waals surface area contributed by atoms with E-state index >= 15 is 0 Å². The maximum absolute atomic E-state index is 10.7. The average molecular weight is 265 g/mol. The molecule has 0 saturated carbocycles. The Morgan fingerprint density at radius 1 is 1.33 bits per heavy atom. The molecular formula is C13H13ClN2O2. The molecule has 3 rings (SSSR count). The van der Waals surface area contributed by atoms with E-state index in [0.29, 0.717) is 6.54 Å². The Bertz CT molecular complexity index is 621. The summed E-state index contributed by atoms with van der Waals surface area (Å²) in [5.41, 5.74) is 2.32. The third-order valence-corrected chi connectivity index (χ3v) is 3.57. The highest BCUT2D eigenvalue weighted by molar-refractivity contribution is 6.31. The minimum absolute atomic E-state index is 0.0995. The molecule has 2 heterocycles. The van der Waals surface area contributed by atoms with Crippen molar-refractivity contribution in [3.05, 3.63) is 35.0 Å². The quantitative estimate of drug-likeness (QED) is 0.904. The Labute approximate surface area is 109 Å². The van der Waals surface area contributed by atoms with Crippen LogP contribution >= 0.6 is 11.6 Å². The van der Waals surface area contributed by atoms with Crippen LogP contribution in [0.2, 0.25) is 5.02 Å². The maximum atomic E-state index is 10.7. The smallest absolute Gasteiger partial charge is 0.317 e. The summed E-state index contributed by atoms with van der Waals surface area (Å²) < 4.78 is 2.24. The Kier molecular flexibility index (Phi) is 2.76. The van der Waals surface area contributed by atoms with E-state index in [9.17, 15) is 4.79 Å². The number of halogens is 1. The molecule has 0 fully saturated rings. The lowest BCUT2D eigenvalue weighted by atomic mass is 10.2. The summed E-state index contributed by atoms with van der Waals surface area (Å²) in [5.74, 6) is -0.775. The molecule has 1 aromatic heterocycles. The summed E-state index contributed by atoms with van der Waals surface area (Å²) in [6.45, 7) is 2.38. The van der Waals surface area contributed by atoms with Crippen LogP contribution in [0.5, 0.6) is 0 Å². The highest BCUT2D eigenvalue weighted by Gasteiger charge is 2.19. The molecular weight excluding hydrogens is 252 g/mol. The lowest BCUT2D eigenvalue weighted by Crippen LogP contribution is -2.36. The first kappa shape index (κ1) is 11.6. The number of hydrogen-bond acceptors (Lipinski definition) is 2. The standard InChI is InChI=1S/C13H13ClN2O2/c14-10-1-2-12-9(5-10)6-11-7-15(8-13(17)18)3-4-16(11)12/h1-2,5-6H,3-4,7-8H2,(H,17,18). The predicted molar refractivity (Wildman–Crippen MR) is 69.9 cm³/mol. The lowest BCUT2D eigenvalue weighted by molar-refractivity contribution is -0.138. The van der Waals surface area contributed by atoms with Crippen LogP contribution in [0.4, 0.5) is 0 Å². The first-order chi connectivity index (χ1) is 8.63. The molecule has 1 N–H and O–H groups in total. The Balaban J connectivity index is 1.97. The molecule has 1 aliphatic heterocycles. The second-order valence-electron chi connectivity index (χ2n) is 4.59. The predicted octanol–water partition coefficient (Wildman–Crippen LogP) is 2.19. The molecule has 0 atom stereocenters. The maximum Gasteiger partial charge on any atom is 0.317 e.